The quantitative estimate of drug-likeness (QED) is 0.330. The number of carbonyl (C=O) groups is 1. The molecule has 0 saturated heterocycles. The standard InChI is InChI=1S/C23H24N2O3S/c1-2-28-22(27)20(16-10-4-3-5-11-16)29-23-24-19-15-9-8-14-18(19)21(26)25(23)17-12-6-7-13-17/h3-5,8-11,14-15,17,20H,2,6-7,12-13H2,1H3/t20-/m0/s1. The van der Waals surface area contributed by atoms with Gasteiger partial charge in [-0.25, -0.2) is 4.98 Å². The molecule has 0 N–H and O–H groups in total. The van der Waals surface area contributed by atoms with E-state index in [1.807, 2.05) is 59.2 Å². The Kier molecular flexibility index (Phi) is 6.00. The van der Waals surface area contributed by atoms with Crippen LogP contribution in [0.15, 0.2) is 64.5 Å². The van der Waals surface area contributed by atoms with Crippen LogP contribution in [0.25, 0.3) is 10.9 Å². The van der Waals surface area contributed by atoms with Gasteiger partial charge in [0.2, 0.25) is 0 Å². The van der Waals surface area contributed by atoms with Crippen LogP contribution in [0, 0.1) is 0 Å². The van der Waals surface area contributed by atoms with Gasteiger partial charge in [0.25, 0.3) is 5.56 Å². The van der Waals surface area contributed by atoms with E-state index in [1.54, 1.807) is 6.92 Å². The van der Waals surface area contributed by atoms with Crippen LogP contribution in [0.3, 0.4) is 0 Å². The summed E-state index contributed by atoms with van der Waals surface area (Å²) in [6.45, 7) is 2.11. The largest absolute Gasteiger partial charge is 0.465 e. The second-order valence-electron chi connectivity index (χ2n) is 7.19. The molecule has 6 heteroatoms. The molecule has 4 rings (SSSR count). The third kappa shape index (κ3) is 4.08. The summed E-state index contributed by atoms with van der Waals surface area (Å²) in [6, 6.07) is 17.1. The zero-order valence-electron chi connectivity index (χ0n) is 16.4. The van der Waals surface area contributed by atoms with E-state index < -0.39 is 5.25 Å². The highest BCUT2D eigenvalue weighted by Crippen LogP contribution is 2.38. The molecule has 0 bridgehead atoms. The van der Waals surface area contributed by atoms with Crippen molar-refractivity contribution in [2.45, 2.75) is 49.1 Å². The molecule has 150 valence electrons. The number of benzene rings is 2. The minimum Gasteiger partial charge on any atom is -0.465 e. The molecule has 1 saturated carbocycles. The molecule has 2 aromatic carbocycles. The Labute approximate surface area is 174 Å². The van der Waals surface area contributed by atoms with Gasteiger partial charge >= 0.3 is 5.97 Å². The highest BCUT2D eigenvalue weighted by molar-refractivity contribution is 8.00. The molecule has 1 atom stereocenters. The molecule has 1 fully saturated rings. The minimum absolute atomic E-state index is 0.0272. The summed E-state index contributed by atoms with van der Waals surface area (Å²) in [7, 11) is 0. The van der Waals surface area contributed by atoms with Crippen molar-refractivity contribution in [2.75, 3.05) is 6.61 Å². The smallest absolute Gasteiger partial charge is 0.324 e. The van der Waals surface area contributed by atoms with E-state index in [0.717, 1.165) is 31.2 Å². The first kappa shape index (κ1) is 19.7. The van der Waals surface area contributed by atoms with Gasteiger partial charge in [-0.15, -0.1) is 0 Å². The second kappa shape index (κ2) is 8.82. The molecule has 5 nitrogen and oxygen atoms in total. The van der Waals surface area contributed by atoms with E-state index in [9.17, 15) is 9.59 Å². The first-order valence-corrected chi connectivity index (χ1v) is 11.0. The monoisotopic (exact) mass is 408 g/mol. The Morgan fingerprint density at radius 1 is 1.14 bits per heavy atom. The van der Waals surface area contributed by atoms with Gasteiger partial charge in [-0.3, -0.25) is 14.2 Å². The van der Waals surface area contributed by atoms with Crippen LogP contribution >= 0.6 is 11.8 Å². The fourth-order valence-corrected chi connectivity index (χ4v) is 5.06. The van der Waals surface area contributed by atoms with Gasteiger partial charge in [0, 0.05) is 6.04 Å². The Morgan fingerprint density at radius 2 is 1.83 bits per heavy atom. The molecule has 0 amide bonds. The van der Waals surface area contributed by atoms with Crippen molar-refractivity contribution in [2.24, 2.45) is 0 Å². The van der Waals surface area contributed by atoms with Crippen molar-refractivity contribution in [1.29, 1.82) is 0 Å². The molecule has 1 aliphatic carbocycles. The Hall–Kier alpha value is -2.60. The van der Waals surface area contributed by atoms with Crippen molar-refractivity contribution in [3.63, 3.8) is 0 Å². The van der Waals surface area contributed by atoms with Crippen LogP contribution in [-0.4, -0.2) is 22.1 Å². The SMILES string of the molecule is CCOC(=O)[C@@H](Sc1nc2ccccc2c(=O)n1C1CCCC1)c1ccccc1. The van der Waals surface area contributed by atoms with Gasteiger partial charge in [0.15, 0.2) is 5.16 Å². The minimum atomic E-state index is -0.572. The predicted molar refractivity (Wildman–Crippen MR) is 115 cm³/mol. The third-order valence-corrected chi connectivity index (χ3v) is 6.49. The van der Waals surface area contributed by atoms with Crippen LogP contribution < -0.4 is 5.56 Å². The van der Waals surface area contributed by atoms with Gasteiger partial charge in [-0.1, -0.05) is 67.1 Å². The number of hydrogen-bond acceptors (Lipinski definition) is 5. The summed E-state index contributed by atoms with van der Waals surface area (Å²) in [5.41, 5.74) is 1.47. The zero-order valence-corrected chi connectivity index (χ0v) is 17.2. The number of thioether (sulfide) groups is 1. The van der Waals surface area contributed by atoms with E-state index in [1.165, 1.54) is 11.8 Å². The maximum Gasteiger partial charge on any atom is 0.324 e. The number of carbonyl (C=O) groups excluding carboxylic acids is 1. The first-order chi connectivity index (χ1) is 14.2. The average Bonchev–Trinajstić information content (AvgIpc) is 3.27. The number of ether oxygens (including phenoxy) is 1. The molecule has 0 radical (unpaired) electrons. The first-order valence-electron chi connectivity index (χ1n) is 10.1. The van der Waals surface area contributed by atoms with Crippen molar-refractivity contribution in [1.82, 2.24) is 9.55 Å². The van der Waals surface area contributed by atoms with Crippen LogP contribution in [0.2, 0.25) is 0 Å². The van der Waals surface area contributed by atoms with Gasteiger partial charge in [-0.2, -0.15) is 0 Å². The maximum absolute atomic E-state index is 13.3. The lowest BCUT2D eigenvalue weighted by atomic mass is 10.1. The van der Waals surface area contributed by atoms with Crippen LogP contribution in [-0.2, 0) is 9.53 Å². The van der Waals surface area contributed by atoms with Crippen molar-refractivity contribution < 1.29 is 9.53 Å². The van der Waals surface area contributed by atoms with Gasteiger partial charge in [-0.05, 0) is 37.5 Å². The highest BCUT2D eigenvalue weighted by atomic mass is 32.2. The number of esters is 1. The van der Waals surface area contributed by atoms with Crippen molar-refractivity contribution in [3.8, 4) is 0 Å². The highest BCUT2D eigenvalue weighted by Gasteiger charge is 2.29. The topological polar surface area (TPSA) is 61.2 Å². The lowest BCUT2D eigenvalue weighted by molar-refractivity contribution is -0.142. The summed E-state index contributed by atoms with van der Waals surface area (Å²) in [6.07, 6.45) is 4.13. The summed E-state index contributed by atoms with van der Waals surface area (Å²) in [5.74, 6) is -0.316. The average molecular weight is 409 g/mol. The molecule has 0 aliphatic heterocycles. The van der Waals surface area contributed by atoms with Crippen molar-refractivity contribution in [3.05, 3.63) is 70.5 Å². The number of aromatic nitrogens is 2. The third-order valence-electron chi connectivity index (χ3n) is 5.29. The summed E-state index contributed by atoms with van der Waals surface area (Å²) >= 11 is 1.31. The predicted octanol–water partition coefficient (Wildman–Crippen LogP) is 4.91. The van der Waals surface area contributed by atoms with Gasteiger partial charge in [0.1, 0.15) is 5.25 Å². The molecule has 1 aromatic heterocycles. The molecule has 3 aromatic rings. The fourth-order valence-electron chi connectivity index (χ4n) is 3.90. The maximum atomic E-state index is 13.3. The van der Waals surface area contributed by atoms with E-state index in [2.05, 4.69) is 0 Å². The second-order valence-corrected chi connectivity index (χ2v) is 8.26. The number of nitrogens with zero attached hydrogens (tertiary/aromatic N) is 2. The molecule has 1 aliphatic rings. The van der Waals surface area contributed by atoms with Crippen LogP contribution in [0.4, 0.5) is 0 Å². The Bertz CT molecular complexity index is 1060. The fraction of sp³-hybridized carbons (Fsp3) is 0.348. The molecule has 0 spiro atoms. The number of fused-ring (bicyclic) bond motifs is 1. The van der Waals surface area contributed by atoms with E-state index in [-0.39, 0.29) is 17.6 Å². The van der Waals surface area contributed by atoms with Gasteiger partial charge in [0.05, 0.1) is 17.5 Å². The zero-order chi connectivity index (χ0) is 20.2. The van der Waals surface area contributed by atoms with Gasteiger partial charge < -0.3 is 4.74 Å². The molecular formula is C23H24N2O3S. The van der Waals surface area contributed by atoms with E-state index >= 15 is 0 Å². The summed E-state index contributed by atoms with van der Waals surface area (Å²) in [4.78, 5) is 30.9. The van der Waals surface area contributed by atoms with Crippen molar-refractivity contribution >= 4 is 28.6 Å². The molecule has 29 heavy (non-hydrogen) atoms. The number of rotatable bonds is 6. The Morgan fingerprint density at radius 3 is 2.55 bits per heavy atom. The molecular weight excluding hydrogens is 384 g/mol. The number of para-hydroxylation sites is 1. The lowest BCUT2D eigenvalue weighted by Gasteiger charge is -2.21. The van der Waals surface area contributed by atoms with E-state index in [0.29, 0.717) is 22.7 Å². The van der Waals surface area contributed by atoms with E-state index in [4.69, 9.17) is 9.72 Å². The normalized spacial score (nSPS) is 15.5. The van der Waals surface area contributed by atoms with Crippen LogP contribution in [0.1, 0.15) is 49.5 Å². The number of hydrogen-bond donors (Lipinski definition) is 0. The Balaban J connectivity index is 1.83. The lowest BCUT2D eigenvalue weighted by Crippen LogP contribution is -2.27. The van der Waals surface area contributed by atoms with Crippen LogP contribution in [0.5, 0.6) is 0 Å². The molecule has 1 heterocycles. The molecule has 0 unspecified atom stereocenters. The summed E-state index contributed by atoms with van der Waals surface area (Å²) < 4.78 is 7.15. The summed E-state index contributed by atoms with van der Waals surface area (Å²) in [5, 5.41) is 0.635.